The van der Waals surface area contributed by atoms with Gasteiger partial charge in [0.1, 0.15) is 0 Å². The molecule has 0 unspecified atom stereocenters. The van der Waals surface area contributed by atoms with Crippen LogP contribution in [0.1, 0.15) is 51.0 Å². The number of hydrogen-bond acceptors (Lipinski definition) is 2. The normalized spacial score (nSPS) is 16.5. The lowest BCUT2D eigenvalue weighted by Gasteiger charge is -2.19. The molecule has 0 radical (unpaired) electrons. The van der Waals surface area contributed by atoms with Gasteiger partial charge in [-0.3, -0.25) is 4.79 Å². The molecule has 1 aliphatic carbocycles. The smallest absolute Gasteiger partial charge is 0.219 e. The van der Waals surface area contributed by atoms with E-state index in [1.807, 2.05) is 7.05 Å². The second-order valence-corrected chi connectivity index (χ2v) is 5.91. The van der Waals surface area contributed by atoms with Crippen molar-refractivity contribution in [3.63, 3.8) is 0 Å². The van der Waals surface area contributed by atoms with Gasteiger partial charge in [0.25, 0.3) is 0 Å². The molecule has 0 heterocycles. The molecule has 1 fully saturated rings. The summed E-state index contributed by atoms with van der Waals surface area (Å²) < 4.78 is 0. The minimum Gasteiger partial charge on any atom is -0.382 e. The van der Waals surface area contributed by atoms with Crippen LogP contribution in [0.25, 0.3) is 0 Å². The van der Waals surface area contributed by atoms with E-state index in [9.17, 15) is 4.79 Å². The Morgan fingerprint density at radius 2 is 1.95 bits per heavy atom. The lowest BCUT2D eigenvalue weighted by Crippen LogP contribution is -2.23. The molecule has 0 aliphatic heterocycles. The minimum absolute atomic E-state index is 0.104. The van der Waals surface area contributed by atoms with Crippen molar-refractivity contribution in [2.24, 2.45) is 0 Å². The Kier molecular flexibility index (Phi) is 5.45. The SMILES string of the molecule is CC(=O)N(C)Cc1cccc(NC2CCCCCC2)c1. The van der Waals surface area contributed by atoms with Crippen LogP contribution in [0.4, 0.5) is 5.69 Å². The number of nitrogens with zero attached hydrogens (tertiary/aromatic N) is 1. The highest BCUT2D eigenvalue weighted by atomic mass is 16.2. The predicted octanol–water partition coefficient (Wildman–Crippen LogP) is 3.80. The maximum atomic E-state index is 11.3. The van der Waals surface area contributed by atoms with Crippen molar-refractivity contribution in [1.82, 2.24) is 4.90 Å². The zero-order chi connectivity index (χ0) is 14.4. The van der Waals surface area contributed by atoms with Gasteiger partial charge in [0.15, 0.2) is 0 Å². The number of carbonyl (C=O) groups excluding carboxylic acids is 1. The molecular formula is C17H26N2O. The third-order valence-electron chi connectivity index (χ3n) is 4.11. The van der Waals surface area contributed by atoms with E-state index >= 15 is 0 Å². The molecule has 1 aromatic carbocycles. The number of hydrogen-bond donors (Lipinski definition) is 1. The first kappa shape index (κ1) is 14.9. The van der Waals surface area contributed by atoms with E-state index < -0.39 is 0 Å². The van der Waals surface area contributed by atoms with Crippen molar-refractivity contribution < 1.29 is 4.79 Å². The van der Waals surface area contributed by atoms with Gasteiger partial charge in [-0.05, 0) is 30.5 Å². The van der Waals surface area contributed by atoms with Gasteiger partial charge in [-0.15, -0.1) is 0 Å². The topological polar surface area (TPSA) is 32.3 Å². The number of anilines is 1. The Morgan fingerprint density at radius 3 is 2.60 bits per heavy atom. The molecule has 0 saturated heterocycles. The van der Waals surface area contributed by atoms with Crippen molar-refractivity contribution in [2.45, 2.75) is 58.0 Å². The Bertz CT molecular complexity index is 436. The van der Waals surface area contributed by atoms with Gasteiger partial charge < -0.3 is 10.2 Å². The van der Waals surface area contributed by atoms with Crippen LogP contribution in [0.2, 0.25) is 0 Å². The first-order valence-corrected chi connectivity index (χ1v) is 7.72. The lowest BCUT2D eigenvalue weighted by atomic mass is 10.1. The molecule has 3 heteroatoms. The zero-order valence-corrected chi connectivity index (χ0v) is 12.7. The molecule has 20 heavy (non-hydrogen) atoms. The van der Waals surface area contributed by atoms with Crippen LogP contribution in [-0.4, -0.2) is 23.9 Å². The van der Waals surface area contributed by atoms with Crippen molar-refractivity contribution >= 4 is 11.6 Å². The largest absolute Gasteiger partial charge is 0.382 e. The van der Waals surface area contributed by atoms with Crippen LogP contribution in [-0.2, 0) is 11.3 Å². The van der Waals surface area contributed by atoms with E-state index in [0.717, 1.165) is 0 Å². The second-order valence-electron chi connectivity index (χ2n) is 5.91. The average Bonchev–Trinajstić information content (AvgIpc) is 2.67. The van der Waals surface area contributed by atoms with E-state index in [0.29, 0.717) is 12.6 Å². The minimum atomic E-state index is 0.104. The first-order chi connectivity index (χ1) is 9.65. The molecule has 1 amide bonds. The van der Waals surface area contributed by atoms with Gasteiger partial charge in [-0.1, -0.05) is 37.8 Å². The number of benzene rings is 1. The van der Waals surface area contributed by atoms with Gasteiger partial charge in [0.2, 0.25) is 5.91 Å². The standard InChI is InChI=1S/C17H26N2O/c1-14(20)19(2)13-15-8-7-11-17(12-15)18-16-9-5-3-4-6-10-16/h7-8,11-12,16,18H,3-6,9-10,13H2,1-2H3. The molecule has 0 spiro atoms. The van der Waals surface area contributed by atoms with E-state index in [4.69, 9.17) is 0 Å². The molecule has 1 aromatic rings. The summed E-state index contributed by atoms with van der Waals surface area (Å²) in [4.78, 5) is 13.0. The Morgan fingerprint density at radius 1 is 1.25 bits per heavy atom. The predicted molar refractivity (Wildman–Crippen MR) is 83.7 cm³/mol. The third-order valence-corrected chi connectivity index (χ3v) is 4.11. The molecular weight excluding hydrogens is 248 g/mol. The molecule has 3 nitrogen and oxygen atoms in total. The van der Waals surface area contributed by atoms with Crippen molar-refractivity contribution in [2.75, 3.05) is 12.4 Å². The summed E-state index contributed by atoms with van der Waals surface area (Å²) in [5.41, 5.74) is 2.37. The fourth-order valence-electron chi connectivity index (χ4n) is 2.80. The molecule has 0 aromatic heterocycles. The highest BCUT2D eigenvalue weighted by molar-refractivity contribution is 5.72. The van der Waals surface area contributed by atoms with E-state index in [-0.39, 0.29) is 5.91 Å². The van der Waals surface area contributed by atoms with Crippen molar-refractivity contribution in [3.8, 4) is 0 Å². The number of carbonyl (C=O) groups is 1. The second kappa shape index (κ2) is 7.32. The van der Waals surface area contributed by atoms with E-state index in [2.05, 4.69) is 29.6 Å². The van der Waals surface area contributed by atoms with Crippen LogP contribution in [0.5, 0.6) is 0 Å². The third kappa shape index (κ3) is 4.55. The van der Waals surface area contributed by atoms with Crippen LogP contribution >= 0.6 is 0 Å². The average molecular weight is 274 g/mol. The van der Waals surface area contributed by atoms with Gasteiger partial charge in [0, 0.05) is 32.2 Å². The monoisotopic (exact) mass is 274 g/mol. The van der Waals surface area contributed by atoms with Gasteiger partial charge in [0.05, 0.1) is 0 Å². The summed E-state index contributed by atoms with van der Waals surface area (Å²) >= 11 is 0. The molecule has 1 saturated carbocycles. The van der Waals surface area contributed by atoms with Crippen LogP contribution in [0.3, 0.4) is 0 Å². The summed E-state index contributed by atoms with van der Waals surface area (Å²) in [6, 6.07) is 9.06. The Labute approximate surface area is 122 Å². The molecule has 1 aliphatic rings. The Balaban J connectivity index is 1.96. The highest BCUT2D eigenvalue weighted by Gasteiger charge is 2.12. The fourth-order valence-corrected chi connectivity index (χ4v) is 2.80. The molecule has 110 valence electrons. The summed E-state index contributed by atoms with van der Waals surface area (Å²) in [7, 11) is 1.84. The summed E-state index contributed by atoms with van der Waals surface area (Å²) in [5, 5.41) is 3.66. The fraction of sp³-hybridized carbons (Fsp3) is 0.588. The van der Waals surface area contributed by atoms with Gasteiger partial charge in [-0.25, -0.2) is 0 Å². The maximum absolute atomic E-state index is 11.3. The number of rotatable bonds is 4. The molecule has 1 N–H and O–H groups in total. The quantitative estimate of drug-likeness (QED) is 0.847. The zero-order valence-electron chi connectivity index (χ0n) is 12.7. The van der Waals surface area contributed by atoms with Crippen LogP contribution in [0, 0.1) is 0 Å². The van der Waals surface area contributed by atoms with Crippen molar-refractivity contribution in [1.29, 1.82) is 0 Å². The molecule has 2 rings (SSSR count). The Hall–Kier alpha value is -1.51. The highest BCUT2D eigenvalue weighted by Crippen LogP contribution is 2.22. The molecule has 0 bridgehead atoms. The maximum Gasteiger partial charge on any atom is 0.219 e. The first-order valence-electron chi connectivity index (χ1n) is 7.72. The lowest BCUT2D eigenvalue weighted by molar-refractivity contribution is -0.128. The van der Waals surface area contributed by atoms with E-state index in [1.54, 1.807) is 11.8 Å². The van der Waals surface area contributed by atoms with Gasteiger partial charge >= 0.3 is 0 Å². The van der Waals surface area contributed by atoms with Gasteiger partial charge in [-0.2, -0.15) is 0 Å². The number of amides is 1. The summed E-state index contributed by atoms with van der Waals surface area (Å²) in [6.07, 6.45) is 7.98. The van der Waals surface area contributed by atoms with E-state index in [1.165, 1.54) is 49.8 Å². The summed E-state index contributed by atoms with van der Waals surface area (Å²) in [5.74, 6) is 0.104. The molecule has 0 atom stereocenters. The van der Waals surface area contributed by atoms with Crippen LogP contribution in [0.15, 0.2) is 24.3 Å². The summed E-state index contributed by atoms with van der Waals surface area (Å²) in [6.45, 7) is 2.28. The van der Waals surface area contributed by atoms with Crippen molar-refractivity contribution in [3.05, 3.63) is 29.8 Å². The number of nitrogens with one attached hydrogen (secondary N) is 1. The van der Waals surface area contributed by atoms with Crippen LogP contribution < -0.4 is 5.32 Å².